The summed E-state index contributed by atoms with van der Waals surface area (Å²) in [6.45, 7) is 5.01. The molecule has 1 aromatic carbocycles. The molecule has 29 heavy (non-hydrogen) atoms. The van der Waals surface area contributed by atoms with Crippen molar-refractivity contribution in [1.29, 1.82) is 0 Å². The number of aromatic nitrogens is 2. The van der Waals surface area contributed by atoms with E-state index in [-0.39, 0.29) is 11.9 Å². The minimum absolute atomic E-state index is 0.165. The van der Waals surface area contributed by atoms with Gasteiger partial charge < -0.3 is 9.64 Å². The van der Waals surface area contributed by atoms with E-state index in [4.69, 9.17) is 14.7 Å². The van der Waals surface area contributed by atoms with E-state index in [1.165, 1.54) is 30.2 Å². The molecule has 154 valence electrons. The number of benzene rings is 1. The largest absolute Gasteiger partial charge is 0.497 e. The maximum atomic E-state index is 14.4. The predicted octanol–water partition coefficient (Wildman–Crippen LogP) is 4.12. The fourth-order valence-electron chi connectivity index (χ4n) is 5.33. The minimum Gasteiger partial charge on any atom is -0.497 e. The number of anilines is 1. The Hall–Kier alpha value is -2.21. The number of hydrogen-bond donors (Lipinski definition) is 0. The highest BCUT2D eigenvalue weighted by Crippen LogP contribution is 2.44. The van der Waals surface area contributed by atoms with Crippen molar-refractivity contribution in [2.75, 3.05) is 25.1 Å². The van der Waals surface area contributed by atoms with Crippen LogP contribution in [-0.4, -0.2) is 41.1 Å². The molecule has 2 bridgehead atoms. The number of rotatable bonds is 4. The Morgan fingerprint density at radius 1 is 1.24 bits per heavy atom. The molecular weight excluding hydrogens is 367 g/mol. The summed E-state index contributed by atoms with van der Waals surface area (Å²) < 4.78 is 19.7. The summed E-state index contributed by atoms with van der Waals surface area (Å²) in [5.41, 5.74) is 3.13. The minimum atomic E-state index is -0.165. The van der Waals surface area contributed by atoms with Crippen LogP contribution in [0.4, 0.5) is 10.3 Å². The van der Waals surface area contributed by atoms with Gasteiger partial charge in [0.2, 0.25) is 5.95 Å². The quantitative estimate of drug-likeness (QED) is 0.778. The number of fused-ring (bicyclic) bond motifs is 4. The molecule has 0 aliphatic carbocycles. The van der Waals surface area contributed by atoms with Crippen molar-refractivity contribution in [3.8, 4) is 5.75 Å². The third-order valence-electron chi connectivity index (χ3n) is 6.86. The lowest BCUT2D eigenvalue weighted by Gasteiger charge is -2.37. The van der Waals surface area contributed by atoms with Crippen molar-refractivity contribution in [3.05, 3.63) is 47.0 Å². The normalized spacial score (nSPS) is 26.4. The summed E-state index contributed by atoms with van der Waals surface area (Å²) in [5.74, 6) is 2.13. The van der Waals surface area contributed by atoms with Gasteiger partial charge >= 0.3 is 0 Å². The van der Waals surface area contributed by atoms with Crippen LogP contribution < -0.4 is 9.64 Å². The summed E-state index contributed by atoms with van der Waals surface area (Å²) in [6, 6.07) is 5.70. The lowest BCUT2D eigenvalue weighted by molar-refractivity contribution is 0.164. The molecule has 0 radical (unpaired) electrons. The highest BCUT2D eigenvalue weighted by molar-refractivity contribution is 5.38. The van der Waals surface area contributed by atoms with E-state index in [1.807, 2.05) is 12.3 Å². The van der Waals surface area contributed by atoms with Gasteiger partial charge in [-0.15, -0.1) is 0 Å². The first kappa shape index (κ1) is 18.8. The molecule has 3 atom stereocenters. The second kappa shape index (κ2) is 7.56. The zero-order valence-corrected chi connectivity index (χ0v) is 17.3. The van der Waals surface area contributed by atoms with Crippen molar-refractivity contribution >= 4 is 5.95 Å². The van der Waals surface area contributed by atoms with Gasteiger partial charge in [-0.2, -0.15) is 0 Å². The molecule has 2 saturated heterocycles. The van der Waals surface area contributed by atoms with Crippen molar-refractivity contribution in [2.45, 2.75) is 57.7 Å². The van der Waals surface area contributed by atoms with E-state index in [0.29, 0.717) is 29.8 Å². The second-order valence-electron chi connectivity index (χ2n) is 8.85. The van der Waals surface area contributed by atoms with Crippen LogP contribution in [0, 0.1) is 11.7 Å². The molecule has 3 aliphatic heterocycles. The van der Waals surface area contributed by atoms with Crippen LogP contribution in [0.15, 0.2) is 24.4 Å². The Morgan fingerprint density at radius 2 is 2.14 bits per heavy atom. The van der Waals surface area contributed by atoms with Gasteiger partial charge in [-0.25, -0.2) is 14.4 Å². The highest BCUT2D eigenvalue weighted by Gasteiger charge is 2.41. The molecule has 0 unspecified atom stereocenters. The first-order valence-corrected chi connectivity index (χ1v) is 10.8. The monoisotopic (exact) mass is 396 g/mol. The molecule has 2 aromatic rings. The van der Waals surface area contributed by atoms with E-state index in [1.54, 1.807) is 13.2 Å². The van der Waals surface area contributed by atoms with E-state index in [0.717, 1.165) is 38.3 Å². The van der Waals surface area contributed by atoms with Gasteiger partial charge in [0.15, 0.2) is 0 Å². The van der Waals surface area contributed by atoms with Gasteiger partial charge in [-0.3, -0.25) is 4.90 Å². The predicted molar refractivity (Wildman–Crippen MR) is 111 cm³/mol. The number of hydrogen-bond acceptors (Lipinski definition) is 5. The van der Waals surface area contributed by atoms with E-state index in [9.17, 15) is 4.39 Å². The molecule has 3 aliphatic rings. The van der Waals surface area contributed by atoms with Crippen LogP contribution in [0.1, 0.15) is 55.5 Å². The van der Waals surface area contributed by atoms with E-state index >= 15 is 0 Å². The number of piperidine rings is 1. The fraction of sp³-hybridized carbons (Fsp3) is 0.565. The van der Waals surface area contributed by atoms with Gasteiger partial charge in [-0.1, -0.05) is 6.92 Å². The molecule has 6 heteroatoms. The van der Waals surface area contributed by atoms with Crippen molar-refractivity contribution in [3.63, 3.8) is 0 Å². The van der Waals surface area contributed by atoms with Crippen molar-refractivity contribution in [2.24, 2.45) is 5.92 Å². The summed E-state index contributed by atoms with van der Waals surface area (Å²) in [6.07, 6.45) is 7.69. The van der Waals surface area contributed by atoms with Gasteiger partial charge in [0, 0.05) is 55.5 Å². The SMILES string of the molecule is COc1ccc(F)c(CN2[C@H]3CC[C@H]2c2cnc(N4CCC[C@@H](C)C4)nc2C3)c1. The third kappa shape index (κ3) is 3.48. The van der Waals surface area contributed by atoms with Crippen LogP contribution in [0.25, 0.3) is 0 Å². The lowest BCUT2D eigenvalue weighted by atomic mass is 9.98. The number of ether oxygens (including phenoxy) is 1. The van der Waals surface area contributed by atoms with Crippen LogP contribution in [0.5, 0.6) is 5.75 Å². The molecule has 4 heterocycles. The first-order valence-electron chi connectivity index (χ1n) is 10.8. The summed E-state index contributed by atoms with van der Waals surface area (Å²) in [7, 11) is 1.62. The Morgan fingerprint density at radius 3 is 2.97 bits per heavy atom. The molecule has 0 spiro atoms. The standard InChI is InChI=1S/C23H29FN4O/c1-15-4-3-9-27(13-15)23-25-12-19-21(26-23)11-17-5-8-22(19)28(17)14-16-10-18(29-2)6-7-20(16)24/h6-7,10,12,15,17,22H,3-5,8-9,11,13-14H2,1-2H3/t15-,17+,22+/m1/s1. The zero-order valence-electron chi connectivity index (χ0n) is 17.3. The summed E-state index contributed by atoms with van der Waals surface area (Å²) >= 11 is 0. The average molecular weight is 397 g/mol. The molecule has 5 nitrogen and oxygen atoms in total. The molecule has 5 rings (SSSR count). The van der Waals surface area contributed by atoms with Gasteiger partial charge in [0.25, 0.3) is 0 Å². The number of halogens is 1. The Kier molecular flexibility index (Phi) is 4.90. The van der Waals surface area contributed by atoms with Crippen molar-refractivity contribution < 1.29 is 9.13 Å². The van der Waals surface area contributed by atoms with Crippen LogP contribution in [0.2, 0.25) is 0 Å². The maximum Gasteiger partial charge on any atom is 0.225 e. The number of methoxy groups -OCH3 is 1. The topological polar surface area (TPSA) is 41.5 Å². The smallest absolute Gasteiger partial charge is 0.225 e. The van der Waals surface area contributed by atoms with E-state index in [2.05, 4.69) is 16.7 Å². The molecule has 1 aromatic heterocycles. The molecule has 0 N–H and O–H groups in total. The van der Waals surface area contributed by atoms with Gasteiger partial charge in [-0.05, 0) is 49.8 Å². The second-order valence-corrected chi connectivity index (χ2v) is 8.85. The Bertz CT molecular complexity index is 904. The van der Waals surface area contributed by atoms with Crippen LogP contribution in [0.3, 0.4) is 0 Å². The fourth-order valence-corrected chi connectivity index (χ4v) is 5.33. The molecule has 2 fully saturated rings. The summed E-state index contributed by atoms with van der Waals surface area (Å²) in [4.78, 5) is 14.5. The molecule has 0 amide bonds. The zero-order chi connectivity index (χ0) is 20.0. The van der Waals surface area contributed by atoms with Gasteiger partial charge in [0.05, 0.1) is 12.8 Å². The van der Waals surface area contributed by atoms with Crippen LogP contribution in [-0.2, 0) is 13.0 Å². The number of nitrogens with zero attached hydrogens (tertiary/aromatic N) is 4. The molecular formula is C23H29FN4O. The van der Waals surface area contributed by atoms with Gasteiger partial charge in [0.1, 0.15) is 11.6 Å². The third-order valence-corrected chi connectivity index (χ3v) is 6.86. The average Bonchev–Trinajstić information content (AvgIpc) is 3.01. The van der Waals surface area contributed by atoms with Crippen LogP contribution >= 0.6 is 0 Å². The first-order chi connectivity index (χ1) is 14.1. The van der Waals surface area contributed by atoms with E-state index < -0.39 is 0 Å². The lowest BCUT2D eigenvalue weighted by Crippen LogP contribution is -2.39. The van der Waals surface area contributed by atoms with Crippen molar-refractivity contribution in [1.82, 2.24) is 14.9 Å². The Labute approximate surface area is 171 Å². The highest BCUT2D eigenvalue weighted by atomic mass is 19.1. The summed E-state index contributed by atoms with van der Waals surface area (Å²) in [5, 5.41) is 0. The Balaban J connectivity index is 1.39. The maximum absolute atomic E-state index is 14.4. The molecule has 0 saturated carbocycles.